The molecule has 2 amide bonds. The highest BCUT2D eigenvalue weighted by molar-refractivity contribution is 5.94. The summed E-state index contributed by atoms with van der Waals surface area (Å²) < 4.78 is 5.66. The lowest BCUT2D eigenvalue weighted by atomic mass is 9.73. The molecule has 1 saturated heterocycles. The highest BCUT2D eigenvalue weighted by Crippen LogP contribution is 2.44. The highest BCUT2D eigenvalue weighted by atomic mass is 16.5. The SMILES string of the molecule is CCC(CC)(NC(=O)OCC1c2ccccc2-c2ccccc21)C(=O)N1CC(C)(C)C1C(=O)O. The lowest BCUT2D eigenvalue weighted by Gasteiger charge is -2.54. The summed E-state index contributed by atoms with van der Waals surface area (Å²) in [5, 5.41) is 12.4. The maximum Gasteiger partial charge on any atom is 0.408 e. The molecule has 4 rings (SSSR count). The van der Waals surface area contributed by atoms with Gasteiger partial charge in [0.15, 0.2) is 0 Å². The first-order valence-corrected chi connectivity index (χ1v) is 11.8. The Morgan fingerprint density at radius 1 is 1.03 bits per heavy atom. The summed E-state index contributed by atoms with van der Waals surface area (Å²) in [4.78, 5) is 39.5. The number of hydrogen-bond acceptors (Lipinski definition) is 4. The van der Waals surface area contributed by atoms with Gasteiger partial charge in [0, 0.05) is 17.9 Å². The van der Waals surface area contributed by atoms with E-state index in [1.54, 1.807) is 0 Å². The largest absolute Gasteiger partial charge is 0.480 e. The van der Waals surface area contributed by atoms with Crippen molar-refractivity contribution in [2.45, 2.75) is 58.0 Å². The lowest BCUT2D eigenvalue weighted by molar-refractivity contribution is -0.175. The first-order chi connectivity index (χ1) is 16.1. The molecule has 180 valence electrons. The average Bonchev–Trinajstić information content (AvgIpc) is 3.13. The second-order valence-corrected chi connectivity index (χ2v) is 9.90. The highest BCUT2D eigenvalue weighted by Gasteiger charge is 2.56. The normalized spacial score (nSPS) is 18.5. The minimum absolute atomic E-state index is 0.0842. The van der Waals surface area contributed by atoms with Crippen LogP contribution in [0.5, 0.6) is 0 Å². The van der Waals surface area contributed by atoms with E-state index in [-0.39, 0.29) is 18.4 Å². The summed E-state index contributed by atoms with van der Waals surface area (Å²) >= 11 is 0. The second-order valence-electron chi connectivity index (χ2n) is 9.90. The number of alkyl carbamates (subject to hydrolysis) is 1. The fourth-order valence-corrected chi connectivity index (χ4v) is 5.47. The molecular formula is C27H32N2O5. The predicted octanol–water partition coefficient (Wildman–Crippen LogP) is 4.41. The van der Waals surface area contributed by atoms with Crippen LogP contribution in [0.25, 0.3) is 11.1 Å². The number of fused-ring (bicyclic) bond motifs is 3. The molecule has 0 bridgehead atoms. The van der Waals surface area contributed by atoms with Gasteiger partial charge in [-0.15, -0.1) is 0 Å². The molecule has 0 spiro atoms. The Balaban J connectivity index is 1.48. The van der Waals surface area contributed by atoms with E-state index in [2.05, 4.69) is 17.4 Å². The van der Waals surface area contributed by atoms with Crippen molar-refractivity contribution in [1.82, 2.24) is 10.2 Å². The second kappa shape index (κ2) is 8.78. The molecule has 1 atom stereocenters. The quantitative estimate of drug-likeness (QED) is 0.633. The zero-order valence-corrected chi connectivity index (χ0v) is 20.1. The van der Waals surface area contributed by atoms with E-state index < -0.39 is 29.1 Å². The van der Waals surface area contributed by atoms with Gasteiger partial charge >= 0.3 is 12.1 Å². The van der Waals surface area contributed by atoms with Crippen molar-refractivity contribution in [3.8, 4) is 11.1 Å². The molecule has 0 radical (unpaired) electrons. The monoisotopic (exact) mass is 464 g/mol. The van der Waals surface area contributed by atoms with Crippen LogP contribution in [-0.2, 0) is 14.3 Å². The molecule has 1 aliphatic heterocycles. The van der Waals surface area contributed by atoms with Gasteiger partial charge in [0.1, 0.15) is 18.2 Å². The van der Waals surface area contributed by atoms with Gasteiger partial charge in [0.05, 0.1) is 0 Å². The van der Waals surface area contributed by atoms with Crippen LogP contribution in [0.1, 0.15) is 57.6 Å². The molecule has 7 heteroatoms. The fraction of sp³-hybridized carbons (Fsp3) is 0.444. The standard InChI is InChI=1S/C27H32N2O5/c1-5-27(6-2,24(32)29-16-26(3,4)22(29)23(30)31)28-25(33)34-15-21-19-13-9-7-11-17(19)18-12-8-10-14-20(18)21/h7-14,21-22H,5-6,15-16H2,1-4H3,(H,28,33)(H,30,31). The maximum atomic E-state index is 13.4. The molecule has 0 saturated carbocycles. The van der Waals surface area contributed by atoms with Crippen molar-refractivity contribution in [3.05, 3.63) is 59.7 Å². The van der Waals surface area contributed by atoms with E-state index in [0.717, 1.165) is 22.3 Å². The summed E-state index contributed by atoms with van der Waals surface area (Å²) in [5.74, 6) is -1.50. The number of ether oxygens (including phenoxy) is 1. The summed E-state index contributed by atoms with van der Waals surface area (Å²) in [7, 11) is 0. The number of amides is 2. The number of rotatable bonds is 7. The number of aliphatic carboxylic acids is 1. The van der Waals surface area contributed by atoms with E-state index in [0.29, 0.717) is 19.4 Å². The van der Waals surface area contributed by atoms with Gasteiger partial charge in [-0.25, -0.2) is 9.59 Å². The third kappa shape index (κ3) is 3.83. The summed E-state index contributed by atoms with van der Waals surface area (Å²) in [6, 6.07) is 15.3. The first kappa shape index (κ1) is 23.8. The van der Waals surface area contributed by atoms with Crippen molar-refractivity contribution < 1.29 is 24.2 Å². The van der Waals surface area contributed by atoms with E-state index in [1.165, 1.54) is 4.90 Å². The smallest absolute Gasteiger partial charge is 0.408 e. The third-order valence-electron chi connectivity index (χ3n) is 7.43. The van der Waals surface area contributed by atoms with Gasteiger partial charge in [-0.05, 0) is 35.1 Å². The Morgan fingerprint density at radius 2 is 1.56 bits per heavy atom. The average molecular weight is 465 g/mol. The molecule has 7 nitrogen and oxygen atoms in total. The van der Waals surface area contributed by atoms with Crippen molar-refractivity contribution in [1.29, 1.82) is 0 Å². The van der Waals surface area contributed by atoms with Crippen LogP contribution in [0.3, 0.4) is 0 Å². The van der Waals surface area contributed by atoms with Crippen molar-refractivity contribution >= 4 is 18.0 Å². The molecular weight excluding hydrogens is 432 g/mol. The molecule has 1 heterocycles. The molecule has 34 heavy (non-hydrogen) atoms. The minimum atomic E-state index is -1.22. The Labute approximate surface area is 200 Å². The van der Waals surface area contributed by atoms with Crippen LogP contribution < -0.4 is 5.32 Å². The van der Waals surface area contributed by atoms with Crippen molar-refractivity contribution in [3.63, 3.8) is 0 Å². The van der Waals surface area contributed by atoms with Crippen molar-refractivity contribution in [2.24, 2.45) is 5.41 Å². The number of carbonyl (C=O) groups excluding carboxylic acids is 2. The van der Waals surface area contributed by atoms with Gasteiger partial charge in [0.25, 0.3) is 0 Å². The topological polar surface area (TPSA) is 95.9 Å². The van der Waals surface area contributed by atoms with Crippen molar-refractivity contribution in [2.75, 3.05) is 13.2 Å². The number of nitrogens with zero attached hydrogens (tertiary/aromatic N) is 1. The number of likely N-dealkylation sites (tertiary alicyclic amines) is 1. The first-order valence-electron chi connectivity index (χ1n) is 11.8. The Morgan fingerprint density at radius 3 is 2.03 bits per heavy atom. The molecule has 1 fully saturated rings. The number of carboxylic acids is 1. The molecule has 0 aromatic heterocycles. The van der Waals surface area contributed by atoms with Gasteiger partial charge in [-0.2, -0.15) is 0 Å². The summed E-state index contributed by atoms with van der Waals surface area (Å²) in [6.07, 6.45) is -0.0171. The zero-order chi connectivity index (χ0) is 24.7. The van der Waals surface area contributed by atoms with E-state index in [9.17, 15) is 19.5 Å². The Kier molecular flexibility index (Phi) is 6.14. The van der Waals surface area contributed by atoms with Gasteiger partial charge in [0.2, 0.25) is 5.91 Å². The number of carboxylic acid groups (broad SMARTS) is 1. The van der Waals surface area contributed by atoms with Crippen LogP contribution in [0.4, 0.5) is 4.79 Å². The number of nitrogens with one attached hydrogen (secondary N) is 1. The van der Waals surface area contributed by atoms with Crippen LogP contribution in [-0.4, -0.2) is 52.7 Å². The fourth-order valence-electron chi connectivity index (χ4n) is 5.47. The lowest BCUT2D eigenvalue weighted by Crippen LogP contribution is -2.72. The van der Waals surface area contributed by atoms with Gasteiger partial charge in [-0.1, -0.05) is 76.2 Å². The molecule has 2 aromatic rings. The van der Waals surface area contributed by atoms with Gasteiger partial charge in [-0.3, -0.25) is 4.79 Å². The molecule has 1 aliphatic carbocycles. The van der Waals surface area contributed by atoms with Gasteiger partial charge < -0.3 is 20.1 Å². The molecule has 1 unspecified atom stereocenters. The van der Waals surface area contributed by atoms with E-state index in [4.69, 9.17) is 4.74 Å². The van der Waals surface area contributed by atoms with Crippen LogP contribution >= 0.6 is 0 Å². The van der Waals surface area contributed by atoms with E-state index >= 15 is 0 Å². The summed E-state index contributed by atoms with van der Waals surface area (Å²) in [6.45, 7) is 7.75. The zero-order valence-electron chi connectivity index (χ0n) is 20.1. The molecule has 2 aliphatic rings. The summed E-state index contributed by atoms with van der Waals surface area (Å²) in [5.41, 5.74) is 2.76. The minimum Gasteiger partial charge on any atom is -0.480 e. The van der Waals surface area contributed by atoms with Crippen LogP contribution in [0.15, 0.2) is 48.5 Å². The van der Waals surface area contributed by atoms with Crippen LogP contribution in [0, 0.1) is 5.41 Å². The van der Waals surface area contributed by atoms with E-state index in [1.807, 2.05) is 64.1 Å². The maximum absolute atomic E-state index is 13.4. The molecule has 2 aromatic carbocycles. The Hall–Kier alpha value is -3.35. The number of hydrogen-bond donors (Lipinski definition) is 2. The number of carbonyl (C=O) groups is 3. The van der Waals surface area contributed by atoms with Crippen LogP contribution in [0.2, 0.25) is 0 Å². The number of benzene rings is 2. The molecule has 2 N–H and O–H groups in total. The Bertz CT molecular complexity index is 1080. The third-order valence-corrected chi connectivity index (χ3v) is 7.43. The predicted molar refractivity (Wildman–Crippen MR) is 128 cm³/mol.